The van der Waals surface area contributed by atoms with Gasteiger partial charge in [-0.2, -0.15) is 0 Å². The molecule has 0 bridgehead atoms. The standard InChI is InChI=1S/C15H21ClFN3O2/c1-10-9-20(5-6-22-10)13(8-19-14(21)7-18)15-11(16)3-2-4-12(15)17/h2-4,10,13H,5-9,18H2,1H3,(H,19,21). The van der Waals surface area contributed by atoms with Crippen LogP contribution in [0.2, 0.25) is 5.02 Å². The van der Waals surface area contributed by atoms with Gasteiger partial charge < -0.3 is 15.8 Å². The molecule has 0 saturated carbocycles. The molecule has 1 heterocycles. The highest BCUT2D eigenvalue weighted by Crippen LogP contribution is 2.30. The minimum absolute atomic E-state index is 0.0482. The van der Waals surface area contributed by atoms with E-state index < -0.39 is 0 Å². The maximum absolute atomic E-state index is 14.3. The summed E-state index contributed by atoms with van der Waals surface area (Å²) >= 11 is 6.19. The van der Waals surface area contributed by atoms with E-state index in [1.807, 2.05) is 6.92 Å². The van der Waals surface area contributed by atoms with E-state index in [9.17, 15) is 9.18 Å². The molecule has 1 amide bonds. The van der Waals surface area contributed by atoms with Crippen LogP contribution in [0.5, 0.6) is 0 Å². The zero-order valence-corrected chi connectivity index (χ0v) is 13.3. The molecular formula is C15H21ClFN3O2. The van der Waals surface area contributed by atoms with Crippen molar-refractivity contribution in [2.75, 3.05) is 32.8 Å². The molecule has 22 heavy (non-hydrogen) atoms. The first kappa shape index (κ1) is 17.1. The van der Waals surface area contributed by atoms with Crippen LogP contribution in [0.15, 0.2) is 18.2 Å². The van der Waals surface area contributed by atoms with Gasteiger partial charge in [-0.25, -0.2) is 4.39 Å². The SMILES string of the molecule is CC1CN(C(CNC(=O)CN)c2c(F)cccc2Cl)CCO1. The lowest BCUT2D eigenvalue weighted by Crippen LogP contribution is -2.47. The van der Waals surface area contributed by atoms with Gasteiger partial charge in [-0.15, -0.1) is 0 Å². The summed E-state index contributed by atoms with van der Waals surface area (Å²) in [7, 11) is 0. The average molecular weight is 330 g/mol. The fraction of sp³-hybridized carbons (Fsp3) is 0.533. The van der Waals surface area contributed by atoms with Crippen molar-refractivity contribution in [3.63, 3.8) is 0 Å². The number of hydrogen-bond donors (Lipinski definition) is 2. The number of hydrogen-bond acceptors (Lipinski definition) is 4. The molecule has 7 heteroatoms. The molecule has 0 aliphatic carbocycles. The van der Waals surface area contributed by atoms with Gasteiger partial charge in [0.1, 0.15) is 5.82 Å². The molecule has 3 N–H and O–H groups in total. The molecule has 5 nitrogen and oxygen atoms in total. The predicted molar refractivity (Wildman–Crippen MR) is 83.2 cm³/mol. The Bertz CT molecular complexity index is 509. The lowest BCUT2D eigenvalue weighted by atomic mass is 10.0. The van der Waals surface area contributed by atoms with Crippen LogP contribution in [0, 0.1) is 5.82 Å². The summed E-state index contributed by atoms with van der Waals surface area (Å²) in [6.45, 7) is 3.98. The number of morpholine rings is 1. The van der Waals surface area contributed by atoms with Gasteiger partial charge in [0.05, 0.1) is 25.3 Å². The van der Waals surface area contributed by atoms with Crippen molar-refractivity contribution in [1.29, 1.82) is 0 Å². The van der Waals surface area contributed by atoms with E-state index in [1.54, 1.807) is 12.1 Å². The lowest BCUT2D eigenvalue weighted by molar-refractivity contribution is -0.120. The lowest BCUT2D eigenvalue weighted by Gasteiger charge is -2.38. The highest BCUT2D eigenvalue weighted by atomic mass is 35.5. The molecule has 1 aliphatic heterocycles. The number of ether oxygens (including phenoxy) is 1. The average Bonchev–Trinajstić information content (AvgIpc) is 2.49. The summed E-state index contributed by atoms with van der Waals surface area (Å²) in [5.74, 6) is -0.655. The van der Waals surface area contributed by atoms with Gasteiger partial charge in [0.25, 0.3) is 0 Å². The second kappa shape index (κ2) is 7.87. The molecule has 1 aromatic rings. The molecule has 1 aliphatic rings. The summed E-state index contributed by atoms with van der Waals surface area (Å²) in [6.07, 6.45) is 0.0482. The summed E-state index contributed by atoms with van der Waals surface area (Å²) in [4.78, 5) is 13.5. The Balaban J connectivity index is 2.26. The zero-order chi connectivity index (χ0) is 16.1. The summed E-state index contributed by atoms with van der Waals surface area (Å²) < 4.78 is 19.8. The number of nitrogens with one attached hydrogen (secondary N) is 1. The van der Waals surface area contributed by atoms with Gasteiger partial charge in [0.2, 0.25) is 5.91 Å². The van der Waals surface area contributed by atoms with Crippen molar-refractivity contribution in [2.24, 2.45) is 5.73 Å². The van der Waals surface area contributed by atoms with Crippen LogP contribution in [0.3, 0.4) is 0 Å². The van der Waals surface area contributed by atoms with E-state index in [0.717, 1.165) is 0 Å². The van der Waals surface area contributed by atoms with Gasteiger partial charge in [-0.3, -0.25) is 9.69 Å². The van der Waals surface area contributed by atoms with Gasteiger partial charge in [0, 0.05) is 30.2 Å². The third kappa shape index (κ3) is 4.16. The quantitative estimate of drug-likeness (QED) is 0.855. The third-order valence-corrected chi connectivity index (χ3v) is 4.05. The maximum Gasteiger partial charge on any atom is 0.233 e. The molecule has 122 valence electrons. The van der Waals surface area contributed by atoms with E-state index in [2.05, 4.69) is 10.2 Å². The summed E-state index contributed by atoms with van der Waals surface area (Å²) in [6, 6.07) is 4.25. The van der Waals surface area contributed by atoms with Crippen LogP contribution in [0.25, 0.3) is 0 Å². The van der Waals surface area contributed by atoms with E-state index in [0.29, 0.717) is 30.3 Å². The van der Waals surface area contributed by atoms with Crippen molar-refractivity contribution in [1.82, 2.24) is 10.2 Å². The molecule has 2 unspecified atom stereocenters. The minimum Gasteiger partial charge on any atom is -0.376 e. The number of amides is 1. The molecule has 0 radical (unpaired) electrons. The van der Waals surface area contributed by atoms with E-state index in [1.165, 1.54) is 6.07 Å². The summed E-state index contributed by atoms with van der Waals surface area (Å²) in [5, 5.41) is 3.08. The Labute approximate surface area is 134 Å². The Morgan fingerprint density at radius 3 is 3.05 bits per heavy atom. The Hall–Kier alpha value is -1.21. The fourth-order valence-corrected chi connectivity index (χ4v) is 2.94. The van der Waals surface area contributed by atoms with Crippen molar-refractivity contribution < 1.29 is 13.9 Å². The Kier molecular flexibility index (Phi) is 6.14. The number of carbonyl (C=O) groups is 1. The van der Waals surface area contributed by atoms with E-state index in [4.69, 9.17) is 22.1 Å². The number of rotatable bonds is 5. The van der Waals surface area contributed by atoms with Gasteiger partial charge in [-0.05, 0) is 19.1 Å². The number of nitrogens with two attached hydrogens (primary N) is 1. The van der Waals surface area contributed by atoms with Crippen LogP contribution in [0.1, 0.15) is 18.5 Å². The normalized spacial score (nSPS) is 20.6. The van der Waals surface area contributed by atoms with Gasteiger partial charge in [0.15, 0.2) is 0 Å². The van der Waals surface area contributed by atoms with Crippen molar-refractivity contribution in [2.45, 2.75) is 19.1 Å². The van der Waals surface area contributed by atoms with E-state index >= 15 is 0 Å². The zero-order valence-electron chi connectivity index (χ0n) is 12.5. The number of carbonyl (C=O) groups excluding carboxylic acids is 1. The van der Waals surface area contributed by atoms with Gasteiger partial charge in [-0.1, -0.05) is 17.7 Å². The molecule has 1 aromatic carbocycles. The van der Waals surface area contributed by atoms with Gasteiger partial charge >= 0.3 is 0 Å². The van der Waals surface area contributed by atoms with Crippen LogP contribution >= 0.6 is 11.6 Å². The molecule has 1 saturated heterocycles. The van der Waals surface area contributed by atoms with Crippen LogP contribution in [-0.4, -0.2) is 49.7 Å². The van der Waals surface area contributed by atoms with Crippen LogP contribution < -0.4 is 11.1 Å². The first-order valence-corrected chi connectivity index (χ1v) is 7.67. The second-order valence-electron chi connectivity index (χ2n) is 5.34. The topological polar surface area (TPSA) is 67.6 Å². The largest absolute Gasteiger partial charge is 0.376 e. The van der Waals surface area contributed by atoms with Crippen LogP contribution in [-0.2, 0) is 9.53 Å². The monoisotopic (exact) mass is 329 g/mol. The van der Waals surface area contributed by atoms with Crippen molar-refractivity contribution in [3.05, 3.63) is 34.6 Å². The number of benzene rings is 1. The first-order chi connectivity index (χ1) is 10.5. The molecule has 1 fully saturated rings. The first-order valence-electron chi connectivity index (χ1n) is 7.29. The Morgan fingerprint density at radius 1 is 1.64 bits per heavy atom. The highest BCUT2D eigenvalue weighted by Gasteiger charge is 2.29. The molecular weight excluding hydrogens is 309 g/mol. The van der Waals surface area contributed by atoms with Crippen LogP contribution in [0.4, 0.5) is 4.39 Å². The minimum atomic E-state index is -0.376. The highest BCUT2D eigenvalue weighted by molar-refractivity contribution is 6.31. The third-order valence-electron chi connectivity index (χ3n) is 3.72. The molecule has 0 aromatic heterocycles. The van der Waals surface area contributed by atoms with Crippen molar-refractivity contribution in [3.8, 4) is 0 Å². The predicted octanol–water partition coefficient (Wildman–Crippen LogP) is 1.32. The molecule has 2 rings (SSSR count). The number of nitrogens with zero attached hydrogens (tertiary/aromatic N) is 1. The van der Waals surface area contributed by atoms with Crippen molar-refractivity contribution >= 4 is 17.5 Å². The Morgan fingerprint density at radius 2 is 2.41 bits per heavy atom. The summed E-state index contributed by atoms with van der Waals surface area (Å²) in [5.41, 5.74) is 5.71. The smallest absolute Gasteiger partial charge is 0.233 e. The molecule has 2 atom stereocenters. The number of halogens is 2. The second-order valence-corrected chi connectivity index (χ2v) is 5.74. The molecule has 0 spiro atoms. The fourth-order valence-electron chi connectivity index (χ4n) is 2.65. The van der Waals surface area contributed by atoms with E-state index in [-0.39, 0.29) is 37.0 Å². The maximum atomic E-state index is 14.3.